The summed E-state index contributed by atoms with van der Waals surface area (Å²) in [4.78, 5) is 15.0. The average molecular weight is 257 g/mol. The van der Waals surface area contributed by atoms with Crippen molar-refractivity contribution in [3.05, 3.63) is 35.4 Å². The van der Waals surface area contributed by atoms with Gasteiger partial charge in [-0.25, -0.2) is 0 Å². The highest BCUT2D eigenvalue weighted by Crippen LogP contribution is 2.38. The third kappa shape index (κ3) is 1.98. The molecule has 3 rings (SSSR count). The number of rotatable bonds is 1. The maximum absolute atomic E-state index is 12.8. The molecule has 3 atom stereocenters. The van der Waals surface area contributed by atoms with Crippen LogP contribution in [0.25, 0.3) is 0 Å². The minimum Gasteiger partial charge on any atom is -0.336 e. The number of amides is 1. The van der Waals surface area contributed by atoms with Crippen molar-refractivity contribution in [2.75, 3.05) is 0 Å². The summed E-state index contributed by atoms with van der Waals surface area (Å²) in [5.74, 6) is 0.911. The largest absolute Gasteiger partial charge is 0.336 e. The Bertz CT molecular complexity index is 494. The van der Waals surface area contributed by atoms with Gasteiger partial charge in [0.25, 0.3) is 0 Å². The quantitative estimate of drug-likeness (QED) is 0.755. The van der Waals surface area contributed by atoms with Crippen molar-refractivity contribution in [1.82, 2.24) is 4.90 Å². The van der Waals surface area contributed by atoms with Crippen LogP contribution >= 0.6 is 0 Å². The molecule has 0 saturated carbocycles. The van der Waals surface area contributed by atoms with Crippen molar-refractivity contribution in [3.8, 4) is 0 Å². The predicted octanol–water partition coefficient (Wildman–Crippen LogP) is 3.36. The molecule has 102 valence electrons. The van der Waals surface area contributed by atoms with Crippen LogP contribution in [0.15, 0.2) is 24.3 Å². The first-order valence-electron chi connectivity index (χ1n) is 7.49. The zero-order valence-corrected chi connectivity index (χ0v) is 12.1. The molecule has 19 heavy (non-hydrogen) atoms. The molecule has 0 aromatic heterocycles. The number of carbonyl (C=O) groups excluding carboxylic acids is 1. The Morgan fingerprint density at radius 1 is 1.21 bits per heavy atom. The number of carbonyl (C=O) groups is 1. The van der Waals surface area contributed by atoms with Gasteiger partial charge in [-0.15, -0.1) is 0 Å². The standard InChI is InChI=1S/C17H23NO/c1-11(2)16-9-8-14-10-13-6-4-5-7-15(13)12(3)17(19)18(14)16/h4-7,11-12,14,16H,8-10H2,1-3H3/t12-,14+,16-/m0/s1. The van der Waals surface area contributed by atoms with Crippen molar-refractivity contribution in [3.63, 3.8) is 0 Å². The molecule has 2 nitrogen and oxygen atoms in total. The Kier molecular flexibility index (Phi) is 3.12. The van der Waals surface area contributed by atoms with Gasteiger partial charge in [0.05, 0.1) is 5.92 Å². The number of hydrogen-bond donors (Lipinski definition) is 0. The lowest BCUT2D eigenvalue weighted by Crippen LogP contribution is -2.44. The second kappa shape index (κ2) is 4.66. The SMILES string of the molecule is CC(C)[C@@H]1CC[C@@H]2Cc3ccccc3[C@H](C)C(=O)N21. The molecule has 0 aliphatic carbocycles. The van der Waals surface area contributed by atoms with Crippen molar-refractivity contribution >= 4 is 5.91 Å². The Labute approximate surface area is 115 Å². The van der Waals surface area contributed by atoms with E-state index in [0.29, 0.717) is 23.9 Å². The first-order valence-corrected chi connectivity index (χ1v) is 7.49. The summed E-state index contributed by atoms with van der Waals surface area (Å²) >= 11 is 0. The van der Waals surface area contributed by atoms with Crippen LogP contribution in [0.4, 0.5) is 0 Å². The second-order valence-electron chi connectivity index (χ2n) is 6.41. The van der Waals surface area contributed by atoms with E-state index in [1.807, 2.05) is 0 Å². The number of hydrogen-bond acceptors (Lipinski definition) is 1. The lowest BCUT2D eigenvalue weighted by atomic mass is 9.92. The van der Waals surface area contributed by atoms with E-state index in [-0.39, 0.29) is 5.92 Å². The van der Waals surface area contributed by atoms with Gasteiger partial charge < -0.3 is 4.90 Å². The van der Waals surface area contributed by atoms with Gasteiger partial charge >= 0.3 is 0 Å². The van der Waals surface area contributed by atoms with E-state index in [0.717, 1.165) is 12.8 Å². The summed E-state index contributed by atoms with van der Waals surface area (Å²) in [6, 6.07) is 9.34. The van der Waals surface area contributed by atoms with Crippen LogP contribution in [0.2, 0.25) is 0 Å². The number of nitrogens with zero attached hydrogens (tertiary/aromatic N) is 1. The molecule has 2 aliphatic heterocycles. The van der Waals surface area contributed by atoms with Crippen molar-refractivity contribution < 1.29 is 4.79 Å². The Balaban J connectivity index is 2.01. The van der Waals surface area contributed by atoms with Crippen LogP contribution in [0.1, 0.15) is 50.7 Å². The molecule has 0 bridgehead atoms. The molecule has 1 aromatic carbocycles. The first-order chi connectivity index (χ1) is 9.09. The molecule has 0 radical (unpaired) electrons. The Morgan fingerprint density at radius 2 is 1.95 bits per heavy atom. The monoisotopic (exact) mass is 257 g/mol. The van der Waals surface area contributed by atoms with Crippen LogP contribution in [-0.4, -0.2) is 22.9 Å². The van der Waals surface area contributed by atoms with Gasteiger partial charge in [-0.05, 0) is 43.2 Å². The van der Waals surface area contributed by atoms with Gasteiger partial charge in [0, 0.05) is 12.1 Å². The van der Waals surface area contributed by atoms with Crippen molar-refractivity contribution in [1.29, 1.82) is 0 Å². The van der Waals surface area contributed by atoms with Gasteiger partial charge in [0.2, 0.25) is 5.91 Å². The highest BCUT2D eigenvalue weighted by molar-refractivity contribution is 5.85. The second-order valence-corrected chi connectivity index (χ2v) is 6.41. The number of benzene rings is 1. The van der Waals surface area contributed by atoms with E-state index in [1.165, 1.54) is 17.5 Å². The molecule has 0 N–H and O–H groups in total. The Morgan fingerprint density at radius 3 is 2.68 bits per heavy atom. The van der Waals surface area contributed by atoms with Gasteiger partial charge in [-0.1, -0.05) is 38.1 Å². The van der Waals surface area contributed by atoms with E-state index in [9.17, 15) is 4.79 Å². The molecule has 1 fully saturated rings. The Hall–Kier alpha value is -1.31. The molecule has 1 aromatic rings. The van der Waals surface area contributed by atoms with Gasteiger partial charge in [0.15, 0.2) is 0 Å². The van der Waals surface area contributed by atoms with Crippen molar-refractivity contribution in [2.45, 2.75) is 58.0 Å². The predicted molar refractivity (Wildman–Crippen MR) is 77.1 cm³/mol. The average Bonchev–Trinajstić information content (AvgIpc) is 2.77. The summed E-state index contributed by atoms with van der Waals surface area (Å²) in [5.41, 5.74) is 2.62. The van der Waals surface area contributed by atoms with Crippen molar-refractivity contribution in [2.24, 2.45) is 5.92 Å². The molecular formula is C17H23NO. The normalized spacial score (nSPS) is 30.2. The molecule has 2 aliphatic rings. The molecule has 1 amide bonds. The van der Waals surface area contributed by atoms with Crippen LogP contribution in [0.3, 0.4) is 0 Å². The molecule has 1 saturated heterocycles. The molecule has 0 spiro atoms. The van der Waals surface area contributed by atoms with Crippen LogP contribution in [0, 0.1) is 5.92 Å². The lowest BCUT2D eigenvalue weighted by molar-refractivity contribution is -0.135. The summed E-state index contributed by atoms with van der Waals surface area (Å²) in [7, 11) is 0. The minimum absolute atomic E-state index is 0.0144. The van der Waals surface area contributed by atoms with E-state index in [2.05, 4.69) is 49.9 Å². The summed E-state index contributed by atoms with van der Waals surface area (Å²) in [6.07, 6.45) is 3.37. The van der Waals surface area contributed by atoms with E-state index < -0.39 is 0 Å². The maximum atomic E-state index is 12.8. The van der Waals surface area contributed by atoms with Gasteiger partial charge in [-0.2, -0.15) is 0 Å². The highest BCUT2D eigenvalue weighted by Gasteiger charge is 2.42. The third-order valence-corrected chi connectivity index (χ3v) is 4.92. The first kappa shape index (κ1) is 12.7. The number of fused-ring (bicyclic) bond motifs is 2. The molecular weight excluding hydrogens is 234 g/mol. The van der Waals surface area contributed by atoms with Crippen LogP contribution in [-0.2, 0) is 11.2 Å². The minimum atomic E-state index is 0.0144. The summed E-state index contributed by atoms with van der Waals surface area (Å²) in [5, 5.41) is 0. The fourth-order valence-corrected chi connectivity index (χ4v) is 3.86. The molecule has 0 unspecified atom stereocenters. The van der Waals surface area contributed by atoms with E-state index in [4.69, 9.17) is 0 Å². The van der Waals surface area contributed by atoms with Crippen LogP contribution in [0.5, 0.6) is 0 Å². The van der Waals surface area contributed by atoms with E-state index in [1.54, 1.807) is 0 Å². The molecule has 2 heterocycles. The lowest BCUT2D eigenvalue weighted by Gasteiger charge is -2.32. The maximum Gasteiger partial charge on any atom is 0.230 e. The summed E-state index contributed by atoms with van der Waals surface area (Å²) in [6.45, 7) is 6.55. The smallest absolute Gasteiger partial charge is 0.230 e. The van der Waals surface area contributed by atoms with Crippen LogP contribution < -0.4 is 0 Å². The van der Waals surface area contributed by atoms with Gasteiger partial charge in [0.1, 0.15) is 0 Å². The highest BCUT2D eigenvalue weighted by atomic mass is 16.2. The van der Waals surface area contributed by atoms with Gasteiger partial charge in [-0.3, -0.25) is 4.79 Å². The topological polar surface area (TPSA) is 20.3 Å². The zero-order valence-electron chi connectivity index (χ0n) is 12.1. The third-order valence-electron chi connectivity index (χ3n) is 4.92. The fourth-order valence-electron chi connectivity index (χ4n) is 3.86. The summed E-state index contributed by atoms with van der Waals surface area (Å²) < 4.78 is 0. The fraction of sp³-hybridized carbons (Fsp3) is 0.588. The van der Waals surface area contributed by atoms with E-state index >= 15 is 0 Å². The molecule has 2 heteroatoms. The zero-order chi connectivity index (χ0) is 13.6.